The Morgan fingerprint density at radius 3 is 3.00 bits per heavy atom. The monoisotopic (exact) mass is 275 g/mol. The molecule has 0 aromatic heterocycles. The molecule has 20 heavy (non-hydrogen) atoms. The fraction of sp³-hybridized carbons (Fsp3) is 0.533. The van der Waals surface area contributed by atoms with Crippen molar-refractivity contribution in [3.8, 4) is 5.75 Å². The largest absolute Gasteiger partial charge is 0.489 e. The molecule has 5 nitrogen and oxygen atoms in total. The van der Waals surface area contributed by atoms with Gasteiger partial charge in [0.25, 0.3) is 5.91 Å². The number of carbonyl (C=O) groups is 1. The number of rotatable bonds is 2. The van der Waals surface area contributed by atoms with Gasteiger partial charge in [0.1, 0.15) is 6.61 Å². The summed E-state index contributed by atoms with van der Waals surface area (Å²) in [4.78, 5) is 14.7. The SMILES string of the molecule is CN1CCC(NC(=O)c2cccc3c2OCCN3)CC1. The second kappa shape index (κ2) is 5.71. The van der Waals surface area contributed by atoms with Crippen molar-refractivity contribution in [2.24, 2.45) is 0 Å². The molecular formula is C15H21N3O2. The van der Waals surface area contributed by atoms with E-state index in [2.05, 4.69) is 22.6 Å². The molecule has 1 amide bonds. The van der Waals surface area contributed by atoms with Crippen LogP contribution < -0.4 is 15.4 Å². The number of ether oxygens (including phenoxy) is 1. The van der Waals surface area contributed by atoms with E-state index in [1.807, 2.05) is 18.2 Å². The van der Waals surface area contributed by atoms with Crippen molar-refractivity contribution in [1.82, 2.24) is 10.2 Å². The van der Waals surface area contributed by atoms with Crippen molar-refractivity contribution < 1.29 is 9.53 Å². The van der Waals surface area contributed by atoms with Gasteiger partial charge in [0.15, 0.2) is 5.75 Å². The quantitative estimate of drug-likeness (QED) is 0.854. The molecule has 1 fully saturated rings. The first-order valence-electron chi connectivity index (χ1n) is 7.23. The smallest absolute Gasteiger partial charge is 0.255 e. The van der Waals surface area contributed by atoms with Crippen LogP contribution in [0.25, 0.3) is 0 Å². The van der Waals surface area contributed by atoms with Crippen LogP contribution in [0, 0.1) is 0 Å². The van der Waals surface area contributed by atoms with Gasteiger partial charge in [-0.05, 0) is 45.1 Å². The number of likely N-dealkylation sites (tertiary alicyclic amines) is 1. The Balaban J connectivity index is 1.71. The molecular weight excluding hydrogens is 254 g/mol. The van der Waals surface area contributed by atoms with Crippen LogP contribution in [0.2, 0.25) is 0 Å². The number of benzene rings is 1. The summed E-state index contributed by atoms with van der Waals surface area (Å²) in [5.41, 5.74) is 1.54. The van der Waals surface area contributed by atoms with Crippen LogP contribution in [-0.2, 0) is 0 Å². The van der Waals surface area contributed by atoms with Gasteiger partial charge in [-0.1, -0.05) is 6.07 Å². The first-order chi connectivity index (χ1) is 9.74. The standard InChI is InChI=1S/C15H21N3O2/c1-18-8-5-11(6-9-18)17-15(19)12-3-2-4-13-14(12)20-10-7-16-13/h2-4,11,16H,5-10H2,1H3,(H,17,19). The van der Waals surface area contributed by atoms with E-state index in [1.54, 1.807) is 0 Å². The number of carbonyl (C=O) groups excluding carboxylic acids is 1. The van der Waals surface area contributed by atoms with Crippen LogP contribution in [0.3, 0.4) is 0 Å². The van der Waals surface area contributed by atoms with E-state index in [0.29, 0.717) is 17.9 Å². The Morgan fingerprint density at radius 2 is 2.20 bits per heavy atom. The Kier molecular flexibility index (Phi) is 3.78. The summed E-state index contributed by atoms with van der Waals surface area (Å²) in [7, 11) is 2.12. The van der Waals surface area contributed by atoms with E-state index in [4.69, 9.17) is 4.74 Å². The maximum Gasteiger partial charge on any atom is 0.255 e. The van der Waals surface area contributed by atoms with E-state index in [9.17, 15) is 4.79 Å². The van der Waals surface area contributed by atoms with E-state index < -0.39 is 0 Å². The van der Waals surface area contributed by atoms with Crippen LogP contribution in [0.4, 0.5) is 5.69 Å². The molecule has 1 aromatic carbocycles. The number of para-hydroxylation sites is 1. The van der Waals surface area contributed by atoms with Crippen molar-refractivity contribution in [1.29, 1.82) is 0 Å². The highest BCUT2D eigenvalue weighted by Gasteiger charge is 2.23. The second-order valence-electron chi connectivity index (χ2n) is 5.51. The average Bonchev–Trinajstić information content (AvgIpc) is 2.49. The summed E-state index contributed by atoms with van der Waals surface area (Å²) < 4.78 is 5.65. The predicted octanol–water partition coefficient (Wildman–Crippen LogP) is 1.31. The molecule has 108 valence electrons. The molecule has 2 N–H and O–H groups in total. The maximum absolute atomic E-state index is 12.4. The van der Waals surface area contributed by atoms with Gasteiger partial charge >= 0.3 is 0 Å². The predicted molar refractivity (Wildman–Crippen MR) is 78.4 cm³/mol. The van der Waals surface area contributed by atoms with E-state index in [0.717, 1.165) is 38.2 Å². The molecule has 0 bridgehead atoms. The summed E-state index contributed by atoms with van der Waals surface area (Å²) in [5, 5.41) is 6.39. The lowest BCUT2D eigenvalue weighted by Crippen LogP contribution is -2.43. The molecule has 0 unspecified atom stereocenters. The summed E-state index contributed by atoms with van der Waals surface area (Å²) in [6, 6.07) is 5.94. The molecule has 0 spiro atoms. The third kappa shape index (κ3) is 2.72. The van der Waals surface area contributed by atoms with Gasteiger partial charge in [-0.15, -0.1) is 0 Å². The van der Waals surface area contributed by atoms with Crippen molar-refractivity contribution in [2.75, 3.05) is 38.6 Å². The zero-order chi connectivity index (χ0) is 13.9. The van der Waals surface area contributed by atoms with Gasteiger partial charge in [0, 0.05) is 12.6 Å². The number of hydrogen-bond acceptors (Lipinski definition) is 4. The summed E-state index contributed by atoms with van der Waals surface area (Å²) in [6.07, 6.45) is 2.02. The Morgan fingerprint density at radius 1 is 1.40 bits per heavy atom. The summed E-state index contributed by atoms with van der Waals surface area (Å²) >= 11 is 0. The fourth-order valence-corrected chi connectivity index (χ4v) is 2.77. The molecule has 0 atom stereocenters. The number of amides is 1. The van der Waals surface area contributed by atoms with Crippen molar-refractivity contribution in [3.05, 3.63) is 23.8 Å². The first-order valence-corrected chi connectivity index (χ1v) is 7.23. The molecule has 1 saturated heterocycles. The molecule has 0 saturated carbocycles. The van der Waals surface area contributed by atoms with Crippen LogP contribution >= 0.6 is 0 Å². The minimum absolute atomic E-state index is 0.0277. The normalized spacial score (nSPS) is 19.6. The molecule has 0 aliphatic carbocycles. The Hall–Kier alpha value is -1.75. The molecule has 2 aliphatic heterocycles. The number of fused-ring (bicyclic) bond motifs is 1. The maximum atomic E-state index is 12.4. The number of piperidine rings is 1. The number of nitrogens with one attached hydrogen (secondary N) is 2. The lowest BCUT2D eigenvalue weighted by atomic mass is 10.0. The second-order valence-corrected chi connectivity index (χ2v) is 5.51. The van der Waals surface area contributed by atoms with Gasteiger partial charge < -0.3 is 20.3 Å². The molecule has 2 heterocycles. The van der Waals surface area contributed by atoms with Crippen LogP contribution in [-0.4, -0.2) is 50.1 Å². The van der Waals surface area contributed by atoms with Crippen molar-refractivity contribution >= 4 is 11.6 Å². The van der Waals surface area contributed by atoms with E-state index in [-0.39, 0.29) is 11.9 Å². The zero-order valence-corrected chi connectivity index (χ0v) is 11.8. The highest BCUT2D eigenvalue weighted by Crippen LogP contribution is 2.31. The van der Waals surface area contributed by atoms with Gasteiger partial charge in [-0.3, -0.25) is 4.79 Å². The molecule has 1 aromatic rings. The third-order valence-corrected chi connectivity index (χ3v) is 3.98. The van der Waals surface area contributed by atoms with Crippen molar-refractivity contribution in [3.63, 3.8) is 0 Å². The van der Waals surface area contributed by atoms with Crippen LogP contribution in [0.5, 0.6) is 5.75 Å². The van der Waals surface area contributed by atoms with Gasteiger partial charge in [-0.25, -0.2) is 0 Å². The summed E-state index contributed by atoms with van der Waals surface area (Å²) in [5.74, 6) is 0.657. The number of nitrogens with zero attached hydrogens (tertiary/aromatic N) is 1. The molecule has 2 aliphatic rings. The molecule has 3 rings (SSSR count). The van der Waals surface area contributed by atoms with Gasteiger partial charge in [0.2, 0.25) is 0 Å². The minimum atomic E-state index is -0.0277. The lowest BCUT2D eigenvalue weighted by molar-refractivity contribution is 0.0912. The van der Waals surface area contributed by atoms with E-state index in [1.165, 1.54) is 0 Å². The zero-order valence-electron chi connectivity index (χ0n) is 11.8. The lowest BCUT2D eigenvalue weighted by Gasteiger charge is -2.30. The molecule has 5 heteroatoms. The Bertz CT molecular complexity index is 496. The Labute approximate surface area is 119 Å². The topological polar surface area (TPSA) is 53.6 Å². The summed E-state index contributed by atoms with van der Waals surface area (Å²) in [6.45, 7) is 3.46. The van der Waals surface area contributed by atoms with Gasteiger partial charge in [-0.2, -0.15) is 0 Å². The third-order valence-electron chi connectivity index (χ3n) is 3.98. The highest BCUT2D eigenvalue weighted by molar-refractivity contribution is 5.99. The minimum Gasteiger partial charge on any atom is -0.489 e. The van der Waals surface area contributed by atoms with Crippen molar-refractivity contribution in [2.45, 2.75) is 18.9 Å². The van der Waals surface area contributed by atoms with Crippen LogP contribution in [0.15, 0.2) is 18.2 Å². The number of anilines is 1. The van der Waals surface area contributed by atoms with Gasteiger partial charge in [0.05, 0.1) is 11.3 Å². The molecule has 0 radical (unpaired) electrons. The highest BCUT2D eigenvalue weighted by atomic mass is 16.5. The van der Waals surface area contributed by atoms with E-state index >= 15 is 0 Å². The van der Waals surface area contributed by atoms with Crippen LogP contribution in [0.1, 0.15) is 23.2 Å². The average molecular weight is 275 g/mol. The number of hydrogen-bond donors (Lipinski definition) is 2. The first kappa shape index (κ1) is 13.2. The fourth-order valence-electron chi connectivity index (χ4n) is 2.77.